The van der Waals surface area contributed by atoms with Crippen LogP contribution in [0.2, 0.25) is 5.02 Å². The molecule has 0 aliphatic carbocycles. The Morgan fingerprint density at radius 2 is 2.25 bits per heavy atom. The van der Waals surface area contributed by atoms with E-state index in [0.717, 1.165) is 4.90 Å². The summed E-state index contributed by atoms with van der Waals surface area (Å²) in [6.07, 6.45) is 2.34. The second-order valence-corrected chi connectivity index (χ2v) is 6.69. The quantitative estimate of drug-likeness (QED) is 0.232. The first-order chi connectivity index (χ1) is 10.9. The van der Waals surface area contributed by atoms with Crippen molar-refractivity contribution in [3.8, 4) is 5.75 Å². The van der Waals surface area contributed by atoms with Gasteiger partial charge in [0.25, 0.3) is 6.43 Å². The first-order valence-corrected chi connectivity index (χ1v) is 8.44. The third kappa shape index (κ3) is 5.48. The average molecular weight is 542 g/mol. The third-order valence-electron chi connectivity index (χ3n) is 3.14. The van der Waals surface area contributed by atoms with Crippen molar-refractivity contribution in [2.24, 2.45) is 0 Å². The van der Waals surface area contributed by atoms with Gasteiger partial charge in [-0.2, -0.15) is 0 Å². The minimum atomic E-state index is -2.63. The Balaban J connectivity index is 0.00000288. The normalized spacial score (nSPS) is 17.4. The van der Waals surface area contributed by atoms with Gasteiger partial charge in [0, 0.05) is 32.7 Å². The molecule has 2 rings (SSSR count). The molecule has 1 unspecified atom stereocenters. The van der Waals surface area contributed by atoms with Crippen LogP contribution in [-0.2, 0) is 37.5 Å². The van der Waals surface area contributed by atoms with Gasteiger partial charge in [-0.25, -0.2) is 14.9 Å². The molecule has 0 saturated carbocycles. The Hall–Kier alpha value is -0.0461. The molecule has 0 N–H and O–H groups in total. The van der Waals surface area contributed by atoms with Crippen LogP contribution in [0.25, 0.3) is 5.70 Å². The molecular weight excluding hydrogens is 527 g/mol. The van der Waals surface area contributed by atoms with Gasteiger partial charge in [0.2, 0.25) is 5.91 Å². The first kappa shape index (κ1) is 22.0. The maximum Gasteiger partial charge on any atom is 0.256 e. The van der Waals surface area contributed by atoms with E-state index < -0.39 is 16.9 Å². The number of carbonyl (C=O) groups excluding carboxylic acids is 1. The first-order valence-electron chi connectivity index (χ1n) is 6.82. The second kappa shape index (κ2) is 10.2. The van der Waals surface area contributed by atoms with Crippen LogP contribution >= 0.6 is 34.2 Å². The maximum absolute atomic E-state index is 12.8. The number of rotatable bonds is 6. The number of nitrogens with zero attached hydrogens (tertiary/aromatic N) is 1. The summed E-state index contributed by atoms with van der Waals surface area (Å²) in [5.41, 5.74) is 0.776. The summed E-state index contributed by atoms with van der Waals surface area (Å²) in [7, 11) is 0. The SMILES string of the molecule is C=CCOc1ccc(C2=[C-]CC(I)C(=O)N2CC(F)F)c(Cl)c1.[Y]. The molecule has 127 valence electrons. The Labute approximate surface area is 183 Å². The summed E-state index contributed by atoms with van der Waals surface area (Å²) in [5, 5.41) is 0.313. The van der Waals surface area contributed by atoms with E-state index in [9.17, 15) is 13.6 Å². The summed E-state index contributed by atoms with van der Waals surface area (Å²) < 4.78 is 30.6. The van der Waals surface area contributed by atoms with E-state index in [1.54, 1.807) is 24.3 Å². The van der Waals surface area contributed by atoms with Gasteiger partial charge >= 0.3 is 0 Å². The molecule has 3 nitrogen and oxygen atoms in total. The molecule has 0 bridgehead atoms. The zero-order chi connectivity index (χ0) is 17.0. The fraction of sp³-hybridized carbons (Fsp3) is 0.312. The fourth-order valence-corrected chi connectivity index (χ4v) is 2.96. The Morgan fingerprint density at radius 3 is 2.83 bits per heavy atom. The number of halogens is 4. The van der Waals surface area contributed by atoms with Crippen molar-refractivity contribution in [1.29, 1.82) is 0 Å². The van der Waals surface area contributed by atoms with Crippen LogP contribution in [0.1, 0.15) is 12.0 Å². The van der Waals surface area contributed by atoms with E-state index in [1.807, 2.05) is 22.6 Å². The summed E-state index contributed by atoms with van der Waals surface area (Å²) in [5.74, 6) is 0.177. The van der Waals surface area contributed by atoms with Gasteiger partial charge in [-0.05, 0) is 17.2 Å². The monoisotopic (exact) mass is 541 g/mol. The van der Waals surface area contributed by atoms with Crippen molar-refractivity contribution in [3.63, 3.8) is 0 Å². The summed E-state index contributed by atoms with van der Waals surface area (Å²) in [6.45, 7) is 3.21. The predicted octanol–water partition coefficient (Wildman–Crippen LogP) is 4.35. The number of amides is 1. The Bertz CT molecular complexity index is 643. The summed E-state index contributed by atoms with van der Waals surface area (Å²) >= 11 is 8.16. The molecule has 0 aromatic heterocycles. The molecule has 8 heteroatoms. The van der Waals surface area contributed by atoms with Crippen LogP contribution < -0.4 is 4.74 Å². The van der Waals surface area contributed by atoms with Gasteiger partial charge in [0.1, 0.15) is 12.4 Å². The molecule has 24 heavy (non-hydrogen) atoms. The van der Waals surface area contributed by atoms with Crippen molar-refractivity contribution in [2.45, 2.75) is 16.8 Å². The van der Waals surface area contributed by atoms with E-state index in [4.69, 9.17) is 16.3 Å². The molecule has 1 heterocycles. The van der Waals surface area contributed by atoms with Crippen LogP contribution in [0.3, 0.4) is 0 Å². The van der Waals surface area contributed by atoms with Crippen molar-refractivity contribution in [2.75, 3.05) is 13.2 Å². The van der Waals surface area contributed by atoms with Crippen LogP contribution in [-0.4, -0.2) is 34.3 Å². The zero-order valence-electron chi connectivity index (χ0n) is 12.6. The predicted molar refractivity (Wildman–Crippen MR) is 93.9 cm³/mol. The van der Waals surface area contributed by atoms with Crippen LogP contribution in [0, 0.1) is 6.08 Å². The van der Waals surface area contributed by atoms with Gasteiger partial charge in [-0.1, -0.05) is 41.7 Å². The number of benzene rings is 1. The van der Waals surface area contributed by atoms with E-state index in [2.05, 4.69) is 12.7 Å². The third-order valence-corrected chi connectivity index (χ3v) is 4.42. The van der Waals surface area contributed by atoms with Crippen LogP contribution in [0.4, 0.5) is 8.78 Å². The number of carbonyl (C=O) groups is 1. The average Bonchev–Trinajstić information content (AvgIpc) is 2.50. The van der Waals surface area contributed by atoms with Crippen molar-refractivity contribution < 1.29 is 51.0 Å². The molecular formula is C16H14ClF2INO2Y-. The number of alkyl halides is 3. The molecule has 0 fully saturated rings. The minimum absolute atomic E-state index is 0. The van der Waals surface area contributed by atoms with Gasteiger partial charge in [-0.3, -0.25) is 4.79 Å². The molecule has 0 spiro atoms. The molecule has 0 saturated heterocycles. The second-order valence-electron chi connectivity index (χ2n) is 4.78. The molecule has 1 aromatic carbocycles. The van der Waals surface area contributed by atoms with Gasteiger partial charge in [-0.15, -0.1) is 28.9 Å². The van der Waals surface area contributed by atoms with E-state index in [1.165, 1.54) is 0 Å². The molecule has 1 aliphatic rings. The number of allylic oxidation sites excluding steroid dienone is 1. The fourth-order valence-electron chi connectivity index (χ4n) is 2.14. The molecule has 1 radical (unpaired) electrons. The molecule has 1 amide bonds. The standard InChI is InChI=1S/C16H14ClF2INO2.Y/c1-2-7-23-10-3-4-11(12(17)8-10)14-6-5-13(20)16(22)21(14)9-15(18)19;/h2-4,8,13,15H,1,5,7,9H2;/q-1;. The molecule has 1 aliphatic heterocycles. The van der Waals surface area contributed by atoms with Crippen LogP contribution in [0.5, 0.6) is 5.75 Å². The van der Waals surface area contributed by atoms with E-state index >= 15 is 0 Å². The molecule has 1 atom stereocenters. The molecule has 1 aromatic rings. The summed E-state index contributed by atoms with van der Waals surface area (Å²) in [6, 6.07) is 4.89. The van der Waals surface area contributed by atoms with E-state index in [-0.39, 0.29) is 38.6 Å². The topological polar surface area (TPSA) is 29.5 Å². The van der Waals surface area contributed by atoms with Crippen molar-refractivity contribution in [3.05, 3.63) is 47.5 Å². The van der Waals surface area contributed by atoms with Crippen molar-refractivity contribution >= 4 is 45.8 Å². The Kier molecular flexibility index (Phi) is 9.34. The smallest absolute Gasteiger partial charge is 0.256 e. The zero-order valence-corrected chi connectivity index (χ0v) is 18.4. The maximum atomic E-state index is 12.8. The van der Waals surface area contributed by atoms with Gasteiger partial charge < -0.3 is 9.64 Å². The van der Waals surface area contributed by atoms with Gasteiger partial charge in [0.05, 0.1) is 10.5 Å². The Morgan fingerprint density at radius 1 is 1.54 bits per heavy atom. The van der Waals surface area contributed by atoms with Crippen molar-refractivity contribution in [1.82, 2.24) is 4.90 Å². The van der Waals surface area contributed by atoms with Crippen LogP contribution in [0.15, 0.2) is 30.9 Å². The van der Waals surface area contributed by atoms with E-state index in [0.29, 0.717) is 35.1 Å². The number of hydrogen-bond acceptors (Lipinski definition) is 2. The van der Waals surface area contributed by atoms with Gasteiger partial charge in [0.15, 0.2) is 0 Å². The number of ether oxygens (including phenoxy) is 1. The largest absolute Gasteiger partial charge is 0.490 e. The summed E-state index contributed by atoms with van der Waals surface area (Å²) in [4.78, 5) is 13.3. The minimum Gasteiger partial charge on any atom is -0.490 e. The number of hydrogen-bond donors (Lipinski definition) is 0.